The van der Waals surface area contributed by atoms with Crippen molar-refractivity contribution in [2.75, 3.05) is 37.6 Å². The van der Waals surface area contributed by atoms with E-state index < -0.39 is 0 Å². The van der Waals surface area contributed by atoms with Crippen LogP contribution in [0.4, 0.5) is 16.3 Å². The molecular formula is C23H20N4O6. The summed E-state index contributed by atoms with van der Waals surface area (Å²) in [4.78, 5) is 18.7. The molecule has 2 aromatic carbocycles. The number of anilines is 2. The van der Waals surface area contributed by atoms with Crippen molar-refractivity contribution in [2.45, 2.75) is 0 Å². The fourth-order valence-electron chi connectivity index (χ4n) is 3.59. The molecular weight excluding hydrogens is 428 g/mol. The first-order chi connectivity index (χ1) is 16.2. The molecule has 10 nitrogen and oxygen atoms in total. The summed E-state index contributed by atoms with van der Waals surface area (Å²) in [6.07, 6.45) is 3.05. The number of pyridine rings is 1. The van der Waals surface area contributed by atoms with Gasteiger partial charge in [0.2, 0.25) is 0 Å². The normalized spacial score (nSPS) is 12.6. The van der Waals surface area contributed by atoms with Gasteiger partial charge in [-0.05, 0) is 24.3 Å². The topological polar surface area (TPSA) is 108 Å². The second-order valence-electron chi connectivity index (χ2n) is 7.08. The van der Waals surface area contributed by atoms with E-state index in [4.69, 9.17) is 23.5 Å². The Labute approximate surface area is 188 Å². The lowest BCUT2D eigenvalue weighted by Crippen LogP contribution is -2.40. The molecule has 5 rings (SSSR count). The molecule has 1 aliphatic heterocycles. The molecule has 4 aromatic rings. The monoisotopic (exact) mass is 448 g/mol. The highest BCUT2D eigenvalue weighted by atomic mass is 16.5. The number of hydrogen-bond donors (Lipinski definition) is 1. The number of fused-ring (bicyclic) bond motifs is 2. The fourth-order valence-corrected chi connectivity index (χ4v) is 3.59. The number of carbonyl (C=O) groups excluding carboxylic acids is 1. The average Bonchev–Trinajstić information content (AvgIpc) is 3.35. The maximum Gasteiger partial charge on any atom is 0.327 e. The van der Waals surface area contributed by atoms with Gasteiger partial charge in [-0.2, -0.15) is 0 Å². The van der Waals surface area contributed by atoms with Crippen LogP contribution >= 0.6 is 0 Å². The second kappa shape index (κ2) is 8.58. The van der Waals surface area contributed by atoms with Gasteiger partial charge in [0.25, 0.3) is 0 Å². The zero-order chi connectivity index (χ0) is 22.8. The molecule has 2 amide bonds. The number of methoxy groups -OCH3 is 2. The predicted molar refractivity (Wildman–Crippen MR) is 120 cm³/mol. The Bertz CT molecular complexity index is 1310. The number of benzene rings is 2. The Balaban J connectivity index is 1.43. The number of amides is 2. The van der Waals surface area contributed by atoms with Gasteiger partial charge >= 0.3 is 6.03 Å². The number of nitrogens with one attached hydrogen (secondary N) is 1. The number of nitrogens with zero attached hydrogens (tertiary/aromatic N) is 3. The van der Waals surface area contributed by atoms with Crippen LogP contribution in [0.15, 0.2) is 59.4 Å². The maximum atomic E-state index is 12.7. The zero-order valence-electron chi connectivity index (χ0n) is 17.9. The van der Waals surface area contributed by atoms with Crippen molar-refractivity contribution in [2.24, 2.45) is 0 Å². The molecule has 2 aromatic heterocycles. The summed E-state index contributed by atoms with van der Waals surface area (Å²) >= 11 is 0. The van der Waals surface area contributed by atoms with Gasteiger partial charge in [0, 0.05) is 29.8 Å². The SMILES string of the molecule is COc1cc2nccc(Oc3ccc4c(c3)OCCN4C(=O)Nc3ccon3)c2cc1OC. The van der Waals surface area contributed by atoms with Crippen molar-refractivity contribution in [3.8, 4) is 28.7 Å². The number of hydrogen-bond acceptors (Lipinski definition) is 8. The Morgan fingerprint density at radius 1 is 1.06 bits per heavy atom. The van der Waals surface area contributed by atoms with Crippen LogP contribution in [0.2, 0.25) is 0 Å². The average molecular weight is 448 g/mol. The number of rotatable bonds is 5. The van der Waals surface area contributed by atoms with Crippen LogP contribution in [0.25, 0.3) is 10.9 Å². The number of aromatic nitrogens is 2. The van der Waals surface area contributed by atoms with Gasteiger partial charge in [0.15, 0.2) is 17.3 Å². The molecule has 0 bridgehead atoms. The van der Waals surface area contributed by atoms with Gasteiger partial charge in [-0.25, -0.2) is 4.79 Å². The van der Waals surface area contributed by atoms with Gasteiger partial charge in [-0.1, -0.05) is 5.16 Å². The van der Waals surface area contributed by atoms with E-state index in [9.17, 15) is 4.79 Å². The van der Waals surface area contributed by atoms with Crippen LogP contribution < -0.4 is 29.2 Å². The van der Waals surface area contributed by atoms with Crippen molar-refractivity contribution in [1.29, 1.82) is 0 Å². The van der Waals surface area contributed by atoms with Crippen molar-refractivity contribution in [3.63, 3.8) is 0 Å². The number of carbonyl (C=O) groups is 1. The standard InChI is InChI=1S/C23H20N4O6/c1-29-20-12-15-16(13-21(20)30-2)24-7-5-18(15)33-14-3-4-17-19(11-14)31-10-8-27(17)23(28)25-22-6-9-32-26-22/h3-7,9,11-13H,8,10H2,1-2H3,(H,25,26,28). The molecule has 0 unspecified atom stereocenters. The Hall–Kier alpha value is -4.47. The molecule has 1 aliphatic rings. The molecule has 0 saturated carbocycles. The number of ether oxygens (including phenoxy) is 4. The first-order valence-corrected chi connectivity index (χ1v) is 10.1. The smallest absolute Gasteiger partial charge is 0.327 e. The predicted octanol–water partition coefficient (Wildman–Crippen LogP) is 4.46. The summed E-state index contributed by atoms with van der Waals surface area (Å²) in [6.45, 7) is 0.741. The van der Waals surface area contributed by atoms with Crippen molar-refractivity contribution in [3.05, 3.63) is 54.9 Å². The molecule has 3 heterocycles. The minimum atomic E-state index is -0.330. The van der Waals surface area contributed by atoms with Gasteiger partial charge in [-0.3, -0.25) is 15.2 Å². The third-order valence-electron chi connectivity index (χ3n) is 5.15. The van der Waals surface area contributed by atoms with E-state index in [1.54, 1.807) is 61.7 Å². The van der Waals surface area contributed by atoms with Gasteiger partial charge in [0.05, 0.1) is 32.0 Å². The van der Waals surface area contributed by atoms with Crippen LogP contribution in [0.5, 0.6) is 28.7 Å². The van der Waals surface area contributed by atoms with Gasteiger partial charge < -0.3 is 23.5 Å². The van der Waals surface area contributed by atoms with E-state index in [1.165, 1.54) is 6.26 Å². The summed E-state index contributed by atoms with van der Waals surface area (Å²) in [5.41, 5.74) is 1.33. The van der Waals surface area contributed by atoms with Crippen LogP contribution in [-0.4, -0.2) is 43.5 Å². The number of urea groups is 1. The summed E-state index contributed by atoms with van der Waals surface area (Å²) in [6, 6.07) is 11.9. The van der Waals surface area contributed by atoms with E-state index in [-0.39, 0.29) is 6.03 Å². The molecule has 168 valence electrons. The summed E-state index contributed by atoms with van der Waals surface area (Å²) < 4.78 is 27.5. The maximum absolute atomic E-state index is 12.7. The second-order valence-corrected chi connectivity index (χ2v) is 7.08. The third kappa shape index (κ3) is 3.93. The molecule has 0 aliphatic carbocycles. The highest BCUT2D eigenvalue weighted by Gasteiger charge is 2.25. The summed E-state index contributed by atoms with van der Waals surface area (Å²) in [7, 11) is 3.15. The Morgan fingerprint density at radius 3 is 2.70 bits per heavy atom. The highest BCUT2D eigenvalue weighted by Crippen LogP contribution is 2.40. The van der Waals surface area contributed by atoms with Crippen LogP contribution in [-0.2, 0) is 0 Å². The first-order valence-electron chi connectivity index (χ1n) is 10.1. The lowest BCUT2D eigenvalue weighted by Gasteiger charge is -2.29. The summed E-state index contributed by atoms with van der Waals surface area (Å²) in [5, 5.41) is 7.17. The molecule has 0 saturated heterocycles. The highest BCUT2D eigenvalue weighted by molar-refractivity contribution is 6.02. The first kappa shape index (κ1) is 20.4. The van der Waals surface area contributed by atoms with E-state index in [1.807, 2.05) is 6.07 Å². The quantitative estimate of drug-likeness (QED) is 0.477. The van der Waals surface area contributed by atoms with Gasteiger partial charge in [0.1, 0.15) is 30.1 Å². The molecule has 1 N–H and O–H groups in total. The third-order valence-corrected chi connectivity index (χ3v) is 5.15. The van der Waals surface area contributed by atoms with Crippen molar-refractivity contribution < 1.29 is 28.3 Å². The minimum Gasteiger partial charge on any atom is -0.493 e. The van der Waals surface area contributed by atoms with Gasteiger partial charge in [-0.15, -0.1) is 0 Å². The summed E-state index contributed by atoms with van der Waals surface area (Å²) in [5.74, 6) is 3.18. The van der Waals surface area contributed by atoms with Crippen LogP contribution in [0.3, 0.4) is 0 Å². The minimum absolute atomic E-state index is 0.330. The van der Waals surface area contributed by atoms with E-state index in [0.29, 0.717) is 58.9 Å². The van der Waals surface area contributed by atoms with Crippen molar-refractivity contribution >= 4 is 28.4 Å². The Morgan fingerprint density at radius 2 is 1.91 bits per heavy atom. The van der Waals surface area contributed by atoms with E-state index >= 15 is 0 Å². The molecule has 0 spiro atoms. The van der Waals surface area contributed by atoms with Crippen LogP contribution in [0, 0.1) is 0 Å². The Kier molecular flexibility index (Phi) is 5.31. The largest absolute Gasteiger partial charge is 0.493 e. The zero-order valence-corrected chi connectivity index (χ0v) is 17.9. The fraction of sp³-hybridized carbons (Fsp3) is 0.174. The van der Waals surface area contributed by atoms with Crippen molar-refractivity contribution in [1.82, 2.24) is 10.1 Å². The van der Waals surface area contributed by atoms with E-state index in [2.05, 4.69) is 15.5 Å². The molecule has 0 radical (unpaired) electrons. The lowest BCUT2D eigenvalue weighted by atomic mass is 10.1. The van der Waals surface area contributed by atoms with E-state index in [0.717, 1.165) is 5.39 Å². The molecule has 0 atom stereocenters. The molecule has 33 heavy (non-hydrogen) atoms. The molecule has 0 fully saturated rings. The molecule has 10 heteroatoms. The van der Waals surface area contributed by atoms with Crippen LogP contribution in [0.1, 0.15) is 0 Å². The lowest BCUT2D eigenvalue weighted by molar-refractivity contribution is 0.250.